The summed E-state index contributed by atoms with van der Waals surface area (Å²) < 4.78 is 10.8. The van der Waals surface area contributed by atoms with Crippen LogP contribution in [0.5, 0.6) is 0 Å². The van der Waals surface area contributed by atoms with Crippen LogP contribution in [0.1, 0.15) is 32.6 Å². The molecule has 0 spiro atoms. The molecule has 0 aromatic carbocycles. The van der Waals surface area contributed by atoms with Crippen molar-refractivity contribution in [3.63, 3.8) is 0 Å². The van der Waals surface area contributed by atoms with Crippen molar-refractivity contribution in [3.05, 3.63) is 0 Å². The molecule has 2 heterocycles. The van der Waals surface area contributed by atoms with E-state index in [0.717, 1.165) is 25.9 Å². The van der Waals surface area contributed by atoms with Crippen molar-refractivity contribution in [1.29, 1.82) is 0 Å². The Bertz CT molecular complexity index is 347. The van der Waals surface area contributed by atoms with E-state index in [1.807, 2.05) is 6.92 Å². The molecule has 5 heteroatoms. The van der Waals surface area contributed by atoms with Crippen molar-refractivity contribution in [3.8, 4) is 0 Å². The lowest BCUT2D eigenvalue weighted by Gasteiger charge is -2.38. The Hall–Kier alpha value is -0.650. The molecule has 3 unspecified atom stereocenters. The first-order chi connectivity index (χ1) is 9.09. The van der Waals surface area contributed by atoms with Crippen LogP contribution in [0.25, 0.3) is 0 Å². The van der Waals surface area contributed by atoms with Crippen molar-refractivity contribution >= 4 is 5.97 Å². The van der Waals surface area contributed by atoms with E-state index < -0.39 is 5.54 Å². The Morgan fingerprint density at radius 1 is 1.32 bits per heavy atom. The van der Waals surface area contributed by atoms with E-state index in [1.54, 1.807) is 0 Å². The molecule has 2 aliphatic heterocycles. The Labute approximate surface area is 114 Å². The number of carbonyl (C=O) groups is 1. The predicted octanol–water partition coefficient (Wildman–Crippen LogP) is 0.533. The van der Waals surface area contributed by atoms with Gasteiger partial charge in [-0.25, -0.2) is 0 Å². The van der Waals surface area contributed by atoms with E-state index >= 15 is 0 Å². The zero-order valence-electron chi connectivity index (χ0n) is 11.9. The van der Waals surface area contributed by atoms with Crippen molar-refractivity contribution in [1.82, 2.24) is 10.2 Å². The molecule has 3 rings (SSSR count). The topological polar surface area (TPSA) is 50.8 Å². The van der Waals surface area contributed by atoms with Gasteiger partial charge in [0.25, 0.3) is 0 Å². The first-order valence-electron chi connectivity index (χ1n) is 7.33. The van der Waals surface area contributed by atoms with Gasteiger partial charge in [-0.3, -0.25) is 15.0 Å². The number of nitrogens with one attached hydrogen (secondary N) is 1. The zero-order chi connectivity index (χ0) is 13.5. The molecule has 1 saturated carbocycles. The van der Waals surface area contributed by atoms with Crippen molar-refractivity contribution in [2.24, 2.45) is 0 Å². The fraction of sp³-hybridized carbons (Fsp3) is 0.929. The molecular weight excluding hydrogens is 244 g/mol. The quantitative estimate of drug-likeness (QED) is 0.737. The van der Waals surface area contributed by atoms with Crippen molar-refractivity contribution in [2.75, 3.05) is 26.7 Å². The summed E-state index contributed by atoms with van der Waals surface area (Å²) in [6, 6.07) is 0.488. The second-order valence-corrected chi connectivity index (χ2v) is 6.39. The first kappa shape index (κ1) is 13.3. The Morgan fingerprint density at radius 2 is 1.95 bits per heavy atom. The highest BCUT2D eigenvalue weighted by Gasteiger charge is 2.43. The number of nitrogens with zero attached hydrogens (tertiary/aromatic N) is 1. The lowest BCUT2D eigenvalue weighted by atomic mass is 10.0. The molecule has 1 aliphatic carbocycles. The van der Waals surface area contributed by atoms with Gasteiger partial charge >= 0.3 is 5.97 Å². The van der Waals surface area contributed by atoms with Gasteiger partial charge in [0.2, 0.25) is 0 Å². The van der Waals surface area contributed by atoms with Crippen LogP contribution < -0.4 is 5.32 Å². The molecular formula is C14H24N2O3. The minimum Gasteiger partial charge on any atom is -0.468 e. The van der Waals surface area contributed by atoms with Gasteiger partial charge in [-0.2, -0.15) is 0 Å². The van der Waals surface area contributed by atoms with E-state index in [-0.39, 0.29) is 5.97 Å². The number of carbonyl (C=O) groups excluding carboxylic acids is 1. The van der Waals surface area contributed by atoms with E-state index in [4.69, 9.17) is 9.47 Å². The number of methoxy groups -OCH3 is 1. The molecule has 1 N–H and O–H groups in total. The number of fused-ring (bicyclic) bond motifs is 2. The second kappa shape index (κ2) is 5.04. The number of hydrogen-bond donors (Lipinski definition) is 1. The van der Waals surface area contributed by atoms with Gasteiger partial charge in [0.15, 0.2) is 0 Å². The predicted molar refractivity (Wildman–Crippen MR) is 70.9 cm³/mol. The molecule has 0 aromatic heterocycles. The summed E-state index contributed by atoms with van der Waals surface area (Å²) in [5.41, 5.74) is -0.591. The van der Waals surface area contributed by atoms with Crippen molar-refractivity contribution in [2.45, 2.75) is 56.4 Å². The lowest BCUT2D eigenvalue weighted by molar-refractivity contribution is -0.150. The minimum absolute atomic E-state index is 0.154. The molecule has 0 radical (unpaired) electrons. The average molecular weight is 268 g/mol. The fourth-order valence-electron chi connectivity index (χ4n) is 3.35. The molecule has 3 fully saturated rings. The third-order valence-corrected chi connectivity index (χ3v) is 4.39. The SMILES string of the molecule is COC(=O)C(C)(CN1CC2CCC(C1)O2)NC1CC1. The van der Waals surface area contributed by atoms with Crippen LogP contribution >= 0.6 is 0 Å². The van der Waals surface area contributed by atoms with Gasteiger partial charge in [0.05, 0.1) is 19.3 Å². The highest BCUT2D eigenvalue weighted by Crippen LogP contribution is 2.28. The summed E-state index contributed by atoms with van der Waals surface area (Å²) >= 11 is 0. The molecule has 2 bridgehead atoms. The van der Waals surface area contributed by atoms with Crippen LogP contribution in [0.2, 0.25) is 0 Å². The summed E-state index contributed by atoms with van der Waals surface area (Å²) in [4.78, 5) is 14.5. The first-order valence-corrected chi connectivity index (χ1v) is 7.33. The molecule has 3 atom stereocenters. The molecule has 19 heavy (non-hydrogen) atoms. The monoisotopic (exact) mass is 268 g/mol. The summed E-state index contributed by atoms with van der Waals surface area (Å²) in [7, 11) is 1.47. The summed E-state index contributed by atoms with van der Waals surface area (Å²) in [5.74, 6) is -0.154. The van der Waals surface area contributed by atoms with E-state index in [2.05, 4.69) is 10.2 Å². The van der Waals surface area contributed by atoms with Crippen LogP contribution in [0.3, 0.4) is 0 Å². The van der Waals surface area contributed by atoms with Gasteiger partial charge < -0.3 is 9.47 Å². The zero-order valence-corrected chi connectivity index (χ0v) is 11.9. The molecule has 3 aliphatic rings. The Morgan fingerprint density at radius 3 is 2.47 bits per heavy atom. The normalized spacial score (nSPS) is 34.0. The second-order valence-electron chi connectivity index (χ2n) is 6.39. The van der Waals surface area contributed by atoms with E-state index in [1.165, 1.54) is 20.0 Å². The largest absolute Gasteiger partial charge is 0.468 e. The number of morpholine rings is 1. The molecule has 5 nitrogen and oxygen atoms in total. The van der Waals surface area contributed by atoms with Crippen LogP contribution in [0.15, 0.2) is 0 Å². The highest BCUT2D eigenvalue weighted by molar-refractivity contribution is 5.80. The lowest BCUT2D eigenvalue weighted by Crippen LogP contribution is -2.60. The standard InChI is InChI=1S/C14H24N2O3/c1-14(13(17)18-2,15-10-3-4-10)9-16-7-11-5-6-12(8-16)19-11/h10-12,15H,3-9H2,1-2H3. The maximum absolute atomic E-state index is 12.1. The van der Waals surface area contributed by atoms with Crippen LogP contribution in [-0.4, -0.2) is 61.4 Å². The number of esters is 1. The smallest absolute Gasteiger partial charge is 0.327 e. The maximum atomic E-state index is 12.1. The van der Waals surface area contributed by atoms with Gasteiger partial charge in [0.1, 0.15) is 5.54 Å². The van der Waals surface area contributed by atoms with E-state index in [9.17, 15) is 4.79 Å². The minimum atomic E-state index is -0.591. The van der Waals surface area contributed by atoms with Gasteiger partial charge in [-0.1, -0.05) is 0 Å². The maximum Gasteiger partial charge on any atom is 0.327 e. The van der Waals surface area contributed by atoms with Gasteiger partial charge in [-0.05, 0) is 32.6 Å². The van der Waals surface area contributed by atoms with Crippen LogP contribution in [0, 0.1) is 0 Å². The molecule has 0 amide bonds. The third-order valence-electron chi connectivity index (χ3n) is 4.39. The summed E-state index contributed by atoms with van der Waals surface area (Å²) in [6.07, 6.45) is 5.38. The number of ether oxygens (including phenoxy) is 2. The number of likely N-dealkylation sites (tertiary alicyclic amines) is 1. The summed E-state index contributed by atoms with van der Waals surface area (Å²) in [5, 5.41) is 3.46. The highest BCUT2D eigenvalue weighted by atomic mass is 16.5. The van der Waals surface area contributed by atoms with Crippen molar-refractivity contribution < 1.29 is 14.3 Å². The number of hydrogen-bond acceptors (Lipinski definition) is 5. The van der Waals surface area contributed by atoms with Gasteiger partial charge in [0, 0.05) is 25.7 Å². The molecule has 0 aromatic rings. The average Bonchev–Trinajstić information content (AvgIpc) is 3.12. The third kappa shape index (κ3) is 2.93. The van der Waals surface area contributed by atoms with Gasteiger partial charge in [-0.15, -0.1) is 0 Å². The van der Waals surface area contributed by atoms with Crippen LogP contribution in [0.4, 0.5) is 0 Å². The molecule has 2 saturated heterocycles. The van der Waals surface area contributed by atoms with E-state index in [0.29, 0.717) is 24.8 Å². The molecule has 108 valence electrons. The summed E-state index contributed by atoms with van der Waals surface area (Å²) in [6.45, 7) is 4.56. The Balaban J connectivity index is 1.64. The number of rotatable bonds is 5. The Kier molecular flexibility index (Phi) is 3.53. The fourth-order valence-corrected chi connectivity index (χ4v) is 3.35. The van der Waals surface area contributed by atoms with Crippen LogP contribution in [-0.2, 0) is 14.3 Å².